The Balaban J connectivity index is 1.91. The Bertz CT molecular complexity index is 831. The second-order valence-electron chi connectivity index (χ2n) is 5.80. The molecule has 0 aliphatic rings. The molecule has 0 saturated carbocycles. The summed E-state index contributed by atoms with van der Waals surface area (Å²) in [6.45, 7) is 0.0516. The molecule has 0 amide bonds. The van der Waals surface area contributed by atoms with E-state index in [-0.39, 0.29) is 24.8 Å². The van der Waals surface area contributed by atoms with Crippen molar-refractivity contribution in [3.8, 4) is 5.75 Å². The number of ether oxygens (including phenoxy) is 1. The number of aromatic nitrogens is 2. The molecule has 0 atom stereocenters. The summed E-state index contributed by atoms with van der Waals surface area (Å²) in [4.78, 5) is 11.5. The number of halogens is 5. The van der Waals surface area contributed by atoms with Gasteiger partial charge in [0.15, 0.2) is 5.96 Å². The third-order valence-electron chi connectivity index (χ3n) is 3.59. The van der Waals surface area contributed by atoms with Gasteiger partial charge in [0, 0.05) is 31.4 Å². The van der Waals surface area contributed by atoms with Crippen LogP contribution in [0.15, 0.2) is 41.5 Å². The fourth-order valence-corrected chi connectivity index (χ4v) is 2.31. The standard InChI is InChI=1S/C18H21F5N6O/c1-2-24-16(28-11-12-5-3-4-6-13(12)30-15(19)20)26-9-10-27-17-25-8-7-14(29-17)18(21,22)23/h3-8,15H,2,9-11H2,1H3,(H2,24,26,28)(H,25,27,29). The van der Waals surface area contributed by atoms with Crippen molar-refractivity contribution in [2.45, 2.75) is 26.3 Å². The minimum atomic E-state index is -4.55. The van der Waals surface area contributed by atoms with Crippen molar-refractivity contribution in [3.63, 3.8) is 0 Å². The fourth-order valence-electron chi connectivity index (χ4n) is 2.31. The van der Waals surface area contributed by atoms with Crippen LogP contribution in [0.25, 0.3) is 0 Å². The van der Waals surface area contributed by atoms with Gasteiger partial charge < -0.3 is 20.7 Å². The number of hydrogen-bond acceptors (Lipinski definition) is 5. The highest BCUT2D eigenvalue weighted by molar-refractivity contribution is 5.79. The lowest BCUT2D eigenvalue weighted by Gasteiger charge is -2.13. The van der Waals surface area contributed by atoms with Crippen LogP contribution in [-0.4, -0.2) is 42.2 Å². The van der Waals surface area contributed by atoms with E-state index >= 15 is 0 Å². The van der Waals surface area contributed by atoms with Crippen molar-refractivity contribution in [1.82, 2.24) is 20.6 Å². The van der Waals surface area contributed by atoms with Gasteiger partial charge in [-0.2, -0.15) is 22.0 Å². The maximum Gasteiger partial charge on any atom is 0.433 e. The monoisotopic (exact) mass is 432 g/mol. The number of nitrogens with zero attached hydrogens (tertiary/aromatic N) is 3. The highest BCUT2D eigenvalue weighted by Crippen LogP contribution is 2.27. The zero-order valence-corrected chi connectivity index (χ0v) is 16.0. The lowest BCUT2D eigenvalue weighted by Crippen LogP contribution is -2.39. The second kappa shape index (κ2) is 11.1. The first-order valence-electron chi connectivity index (χ1n) is 8.98. The van der Waals surface area contributed by atoms with E-state index < -0.39 is 18.5 Å². The van der Waals surface area contributed by atoms with Crippen LogP contribution in [0.4, 0.5) is 27.9 Å². The zero-order valence-electron chi connectivity index (χ0n) is 16.0. The Hall–Kier alpha value is -3.18. The molecule has 0 unspecified atom stereocenters. The Morgan fingerprint density at radius 3 is 2.60 bits per heavy atom. The van der Waals surface area contributed by atoms with Gasteiger partial charge in [0.2, 0.25) is 5.95 Å². The fraction of sp³-hybridized carbons (Fsp3) is 0.389. The molecular weight excluding hydrogens is 411 g/mol. The quantitative estimate of drug-likeness (QED) is 0.244. The van der Waals surface area contributed by atoms with Gasteiger partial charge in [-0.05, 0) is 19.1 Å². The van der Waals surface area contributed by atoms with Gasteiger partial charge in [0.1, 0.15) is 11.4 Å². The van der Waals surface area contributed by atoms with Crippen molar-refractivity contribution in [2.24, 2.45) is 4.99 Å². The normalized spacial score (nSPS) is 12.0. The van der Waals surface area contributed by atoms with Gasteiger partial charge in [0.05, 0.1) is 6.54 Å². The molecule has 0 fully saturated rings. The first kappa shape index (κ1) is 23.1. The summed E-state index contributed by atoms with van der Waals surface area (Å²) >= 11 is 0. The van der Waals surface area contributed by atoms with Crippen LogP contribution >= 0.6 is 0 Å². The van der Waals surface area contributed by atoms with Gasteiger partial charge in [-0.15, -0.1) is 0 Å². The lowest BCUT2D eigenvalue weighted by atomic mass is 10.2. The highest BCUT2D eigenvalue weighted by atomic mass is 19.4. The topological polar surface area (TPSA) is 83.5 Å². The number of aliphatic imine (C=N–C) groups is 1. The van der Waals surface area contributed by atoms with E-state index in [1.807, 2.05) is 6.92 Å². The summed E-state index contributed by atoms with van der Waals surface area (Å²) < 4.78 is 67.5. The molecule has 2 aromatic rings. The maximum atomic E-state index is 12.7. The summed E-state index contributed by atoms with van der Waals surface area (Å²) in [6.07, 6.45) is -3.52. The van der Waals surface area contributed by atoms with Crippen LogP contribution in [0.1, 0.15) is 18.2 Å². The van der Waals surface area contributed by atoms with Crippen molar-refractivity contribution < 1.29 is 26.7 Å². The number of nitrogens with one attached hydrogen (secondary N) is 3. The molecule has 1 aromatic carbocycles. The van der Waals surface area contributed by atoms with Crippen LogP contribution in [-0.2, 0) is 12.7 Å². The lowest BCUT2D eigenvalue weighted by molar-refractivity contribution is -0.141. The van der Waals surface area contributed by atoms with Crippen LogP contribution in [0.3, 0.4) is 0 Å². The number of hydrogen-bond donors (Lipinski definition) is 3. The van der Waals surface area contributed by atoms with Gasteiger partial charge >= 0.3 is 12.8 Å². The van der Waals surface area contributed by atoms with Gasteiger partial charge in [-0.1, -0.05) is 18.2 Å². The smallest absolute Gasteiger partial charge is 0.433 e. The summed E-state index contributed by atoms with van der Waals surface area (Å²) in [7, 11) is 0. The molecule has 2 rings (SSSR count). The van der Waals surface area contributed by atoms with E-state index in [2.05, 4.69) is 35.6 Å². The van der Waals surface area contributed by atoms with Crippen molar-refractivity contribution >= 4 is 11.9 Å². The molecule has 7 nitrogen and oxygen atoms in total. The van der Waals surface area contributed by atoms with E-state index in [9.17, 15) is 22.0 Å². The second-order valence-corrected chi connectivity index (χ2v) is 5.80. The minimum Gasteiger partial charge on any atom is -0.434 e. The summed E-state index contributed by atoms with van der Waals surface area (Å²) in [5, 5.41) is 8.65. The summed E-state index contributed by atoms with van der Waals surface area (Å²) in [5.74, 6) is 0.290. The summed E-state index contributed by atoms with van der Waals surface area (Å²) in [6, 6.07) is 7.10. The van der Waals surface area contributed by atoms with Crippen LogP contribution < -0.4 is 20.7 Å². The average molecular weight is 432 g/mol. The summed E-state index contributed by atoms with van der Waals surface area (Å²) in [5.41, 5.74) is -0.557. The minimum absolute atomic E-state index is 0.0375. The molecule has 0 bridgehead atoms. The average Bonchev–Trinajstić information content (AvgIpc) is 2.69. The predicted octanol–water partition coefficient (Wildman–Crippen LogP) is 3.26. The number of alkyl halides is 5. The molecular formula is C18H21F5N6O. The van der Waals surface area contributed by atoms with E-state index in [4.69, 9.17) is 0 Å². The molecule has 0 spiro atoms. The Morgan fingerprint density at radius 2 is 1.90 bits per heavy atom. The molecule has 1 heterocycles. The predicted molar refractivity (Wildman–Crippen MR) is 101 cm³/mol. The van der Waals surface area contributed by atoms with E-state index in [1.54, 1.807) is 18.2 Å². The highest BCUT2D eigenvalue weighted by Gasteiger charge is 2.32. The third kappa shape index (κ3) is 7.68. The molecule has 164 valence electrons. The largest absolute Gasteiger partial charge is 0.434 e. The van der Waals surface area contributed by atoms with Crippen LogP contribution in [0, 0.1) is 0 Å². The van der Waals surface area contributed by atoms with E-state index in [0.29, 0.717) is 24.6 Å². The first-order valence-corrected chi connectivity index (χ1v) is 8.98. The SMILES string of the molecule is CCNC(=NCc1ccccc1OC(F)F)NCCNc1nccc(C(F)(F)F)n1. The molecule has 3 N–H and O–H groups in total. The number of benzene rings is 1. The Morgan fingerprint density at radius 1 is 1.13 bits per heavy atom. The van der Waals surface area contributed by atoms with Crippen molar-refractivity contribution in [2.75, 3.05) is 25.0 Å². The number of para-hydroxylation sites is 1. The first-order chi connectivity index (χ1) is 14.3. The van der Waals surface area contributed by atoms with Crippen molar-refractivity contribution in [1.29, 1.82) is 0 Å². The Kier molecular flexibility index (Phi) is 8.56. The Labute approximate surface area is 169 Å². The molecule has 30 heavy (non-hydrogen) atoms. The van der Waals surface area contributed by atoms with Gasteiger partial charge in [-0.25, -0.2) is 15.0 Å². The molecule has 0 aliphatic carbocycles. The van der Waals surface area contributed by atoms with E-state index in [0.717, 1.165) is 12.3 Å². The third-order valence-corrected chi connectivity index (χ3v) is 3.59. The molecule has 0 saturated heterocycles. The van der Waals surface area contributed by atoms with Crippen LogP contribution in [0.5, 0.6) is 5.75 Å². The molecule has 0 radical (unpaired) electrons. The van der Waals surface area contributed by atoms with E-state index in [1.165, 1.54) is 6.07 Å². The molecule has 0 aliphatic heterocycles. The molecule has 1 aromatic heterocycles. The number of guanidine groups is 1. The van der Waals surface area contributed by atoms with Crippen LogP contribution in [0.2, 0.25) is 0 Å². The molecule has 12 heteroatoms. The van der Waals surface area contributed by atoms with Crippen molar-refractivity contribution in [3.05, 3.63) is 47.8 Å². The maximum absolute atomic E-state index is 12.7. The van der Waals surface area contributed by atoms with Gasteiger partial charge in [-0.3, -0.25) is 0 Å². The van der Waals surface area contributed by atoms with Gasteiger partial charge in [0.25, 0.3) is 0 Å². The zero-order chi connectivity index (χ0) is 22.0. The number of rotatable bonds is 9. The number of anilines is 1.